The maximum atomic E-state index is 12.3. The fourth-order valence-corrected chi connectivity index (χ4v) is 2.05. The zero-order valence-corrected chi connectivity index (χ0v) is 9.64. The lowest BCUT2D eigenvalue weighted by Crippen LogP contribution is -2.47. The van der Waals surface area contributed by atoms with E-state index in [0.29, 0.717) is 0 Å². The number of hydrogen-bond acceptors (Lipinski definition) is 2. The minimum Gasteiger partial charge on any atom is -0.323 e. The zero-order valence-electron chi connectivity index (χ0n) is 9.64. The monoisotopic (exact) mass is 238 g/mol. The summed E-state index contributed by atoms with van der Waals surface area (Å²) in [6, 6.07) is -0.810. The first kappa shape index (κ1) is 13.3. The lowest BCUT2D eigenvalue weighted by atomic mass is 10.1. The number of nitrogens with zero attached hydrogens (tertiary/aromatic N) is 1. The Kier molecular flexibility index (Phi) is 3.83. The van der Waals surface area contributed by atoms with Crippen molar-refractivity contribution in [2.45, 2.75) is 45.6 Å². The number of rotatable bonds is 3. The Bertz CT molecular complexity index is 265. The Hall–Kier alpha value is -0.780. The van der Waals surface area contributed by atoms with E-state index in [0.717, 1.165) is 0 Å². The quantitative estimate of drug-likeness (QED) is 0.812. The van der Waals surface area contributed by atoms with Crippen LogP contribution in [0.4, 0.5) is 13.2 Å². The van der Waals surface area contributed by atoms with Crippen molar-refractivity contribution >= 4 is 5.91 Å². The van der Waals surface area contributed by atoms with Crippen molar-refractivity contribution < 1.29 is 18.0 Å². The molecule has 0 aromatic carbocycles. The maximum absolute atomic E-state index is 12.3. The zero-order chi connectivity index (χ0) is 12.5. The molecule has 0 aromatic rings. The SMILES string of the molecule is CC(C)C1NCC(=O)N1C(C)CC(F)(F)F. The second-order valence-corrected chi connectivity index (χ2v) is 4.54. The summed E-state index contributed by atoms with van der Waals surface area (Å²) >= 11 is 0. The summed E-state index contributed by atoms with van der Waals surface area (Å²) in [5.74, 6) is -0.155. The Balaban J connectivity index is 2.72. The highest BCUT2D eigenvalue weighted by Crippen LogP contribution is 2.27. The number of halogens is 3. The van der Waals surface area contributed by atoms with E-state index in [2.05, 4.69) is 5.32 Å². The molecule has 0 bridgehead atoms. The van der Waals surface area contributed by atoms with Crippen LogP contribution >= 0.6 is 0 Å². The molecule has 16 heavy (non-hydrogen) atoms. The molecule has 1 heterocycles. The van der Waals surface area contributed by atoms with Crippen molar-refractivity contribution in [2.75, 3.05) is 6.54 Å². The first-order valence-electron chi connectivity index (χ1n) is 5.33. The standard InChI is InChI=1S/C10H17F3N2O/c1-6(2)9-14-5-8(16)15(9)7(3)4-10(11,12)13/h6-7,9,14H,4-5H2,1-3H3. The highest BCUT2D eigenvalue weighted by Gasteiger charge is 2.40. The molecule has 2 atom stereocenters. The smallest absolute Gasteiger partial charge is 0.323 e. The van der Waals surface area contributed by atoms with E-state index in [1.807, 2.05) is 13.8 Å². The summed E-state index contributed by atoms with van der Waals surface area (Å²) in [7, 11) is 0. The molecule has 3 nitrogen and oxygen atoms in total. The summed E-state index contributed by atoms with van der Waals surface area (Å²) in [4.78, 5) is 12.8. The first-order chi connectivity index (χ1) is 7.22. The lowest BCUT2D eigenvalue weighted by Gasteiger charge is -2.33. The third-order valence-electron chi connectivity index (χ3n) is 2.68. The van der Waals surface area contributed by atoms with Crippen LogP contribution in [0, 0.1) is 5.92 Å². The molecule has 1 saturated heterocycles. The van der Waals surface area contributed by atoms with Crippen LogP contribution in [0.15, 0.2) is 0 Å². The predicted octanol–water partition coefficient (Wildman–Crippen LogP) is 1.74. The number of nitrogens with one attached hydrogen (secondary N) is 1. The van der Waals surface area contributed by atoms with Gasteiger partial charge in [0.25, 0.3) is 0 Å². The maximum Gasteiger partial charge on any atom is 0.391 e. The minimum absolute atomic E-state index is 0.0992. The summed E-state index contributed by atoms with van der Waals surface area (Å²) in [6.45, 7) is 5.33. The average molecular weight is 238 g/mol. The van der Waals surface area contributed by atoms with E-state index in [1.165, 1.54) is 11.8 Å². The molecule has 0 aliphatic carbocycles. The molecule has 0 spiro atoms. The largest absolute Gasteiger partial charge is 0.391 e. The summed E-state index contributed by atoms with van der Waals surface area (Å²) < 4.78 is 36.8. The van der Waals surface area contributed by atoms with Crippen molar-refractivity contribution in [3.63, 3.8) is 0 Å². The van der Waals surface area contributed by atoms with E-state index in [1.54, 1.807) is 0 Å². The van der Waals surface area contributed by atoms with Crippen molar-refractivity contribution in [2.24, 2.45) is 5.92 Å². The fraction of sp³-hybridized carbons (Fsp3) is 0.900. The van der Waals surface area contributed by atoms with Crippen molar-refractivity contribution in [1.82, 2.24) is 10.2 Å². The Morgan fingerprint density at radius 3 is 2.44 bits per heavy atom. The highest BCUT2D eigenvalue weighted by atomic mass is 19.4. The van der Waals surface area contributed by atoms with Crippen LogP contribution in [-0.2, 0) is 4.79 Å². The second-order valence-electron chi connectivity index (χ2n) is 4.54. The molecule has 94 valence electrons. The summed E-state index contributed by atoms with van der Waals surface area (Å²) in [5, 5.41) is 2.93. The predicted molar refractivity (Wildman–Crippen MR) is 53.6 cm³/mol. The molecule has 0 aromatic heterocycles. The number of carbonyl (C=O) groups is 1. The molecular formula is C10H17F3N2O. The van der Waals surface area contributed by atoms with E-state index in [-0.39, 0.29) is 24.5 Å². The highest BCUT2D eigenvalue weighted by molar-refractivity contribution is 5.81. The molecule has 2 unspecified atom stereocenters. The topological polar surface area (TPSA) is 32.3 Å². The van der Waals surface area contributed by atoms with E-state index in [9.17, 15) is 18.0 Å². The van der Waals surface area contributed by atoms with Gasteiger partial charge in [-0.3, -0.25) is 10.1 Å². The van der Waals surface area contributed by atoms with Gasteiger partial charge in [0.1, 0.15) is 0 Å². The van der Waals surface area contributed by atoms with Crippen LogP contribution in [0.2, 0.25) is 0 Å². The van der Waals surface area contributed by atoms with Crippen molar-refractivity contribution in [1.29, 1.82) is 0 Å². The Labute approximate surface area is 93.0 Å². The van der Waals surface area contributed by atoms with Gasteiger partial charge in [-0.2, -0.15) is 13.2 Å². The lowest BCUT2D eigenvalue weighted by molar-refractivity contribution is -0.153. The third kappa shape index (κ3) is 3.10. The molecule has 6 heteroatoms. The van der Waals surface area contributed by atoms with Crippen LogP contribution in [0.1, 0.15) is 27.2 Å². The second kappa shape index (κ2) is 4.61. The first-order valence-corrected chi connectivity index (χ1v) is 5.33. The molecule has 1 aliphatic heterocycles. The molecule has 0 saturated carbocycles. The average Bonchev–Trinajstić information content (AvgIpc) is 2.43. The molecule has 1 aliphatic rings. The van der Waals surface area contributed by atoms with Gasteiger partial charge in [0.15, 0.2) is 0 Å². The van der Waals surface area contributed by atoms with Gasteiger partial charge in [0.2, 0.25) is 5.91 Å². The Morgan fingerprint density at radius 2 is 2.00 bits per heavy atom. The molecular weight excluding hydrogens is 221 g/mol. The molecule has 0 radical (unpaired) electrons. The van der Waals surface area contributed by atoms with Crippen LogP contribution in [0.5, 0.6) is 0 Å². The molecule has 1 fully saturated rings. The van der Waals surface area contributed by atoms with E-state index >= 15 is 0 Å². The van der Waals surface area contributed by atoms with Gasteiger partial charge in [-0.05, 0) is 12.8 Å². The number of carbonyl (C=O) groups excluding carboxylic acids is 1. The molecule has 1 amide bonds. The van der Waals surface area contributed by atoms with Crippen LogP contribution in [0.25, 0.3) is 0 Å². The number of alkyl halides is 3. The normalized spacial score (nSPS) is 24.3. The third-order valence-corrected chi connectivity index (χ3v) is 2.68. The van der Waals surface area contributed by atoms with Crippen LogP contribution < -0.4 is 5.32 Å². The van der Waals surface area contributed by atoms with Crippen molar-refractivity contribution in [3.05, 3.63) is 0 Å². The van der Waals surface area contributed by atoms with Crippen molar-refractivity contribution in [3.8, 4) is 0 Å². The number of amides is 1. The van der Waals surface area contributed by atoms with Gasteiger partial charge in [-0.15, -0.1) is 0 Å². The van der Waals surface area contributed by atoms with Crippen LogP contribution in [0.3, 0.4) is 0 Å². The minimum atomic E-state index is -4.23. The summed E-state index contributed by atoms with van der Waals surface area (Å²) in [5.41, 5.74) is 0. The van der Waals surface area contributed by atoms with Gasteiger partial charge < -0.3 is 4.90 Å². The Morgan fingerprint density at radius 1 is 1.44 bits per heavy atom. The van der Waals surface area contributed by atoms with E-state index < -0.39 is 18.6 Å². The van der Waals surface area contributed by atoms with Gasteiger partial charge in [0, 0.05) is 6.04 Å². The van der Waals surface area contributed by atoms with Gasteiger partial charge in [-0.25, -0.2) is 0 Å². The van der Waals surface area contributed by atoms with E-state index in [4.69, 9.17) is 0 Å². The van der Waals surface area contributed by atoms with Gasteiger partial charge >= 0.3 is 6.18 Å². The summed E-state index contributed by atoms with van der Waals surface area (Å²) in [6.07, 6.45) is -5.47. The van der Waals surface area contributed by atoms with Gasteiger partial charge in [-0.1, -0.05) is 13.8 Å². The molecule has 1 N–H and O–H groups in total. The van der Waals surface area contributed by atoms with Gasteiger partial charge in [0.05, 0.1) is 19.1 Å². The number of hydrogen-bond donors (Lipinski definition) is 1. The fourth-order valence-electron chi connectivity index (χ4n) is 2.05. The molecule has 1 rings (SSSR count). The van der Waals surface area contributed by atoms with Crippen LogP contribution in [-0.4, -0.2) is 35.7 Å².